The minimum absolute atomic E-state index is 0.419. The fourth-order valence-electron chi connectivity index (χ4n) is 2.22. The van der Waals surface area contributed by atoms with E-state index < -0.39 is 10.6 Å². The molecule has 0 radical (unpaired) electrons. The molecule has 0 aliphatic carbocycles. The van der Waals surface area contributed by atoms with Crippen LogP contribution in [0.3, 0.4) is 0 Å². The van der Waals surface area contributed by atoms with Crippen LogP contribution in [0.25, 0.3) is 0 Å². The normalized spacial score (nSPS) is 11.8. The number of rotatable bonds is 5. The first-order valence-corrected chi connectivity index (χ1v) is 6.88. The van der Waals surface area contributed by atoms with Gasteiger partial charge in [0, 0.05) is 14.2 Å². The molecule has 19 heavy (non-hydrogen) atoms. The minimum Gasteiger partial charge on any atom is -0.354 e. The number of methoxy groups -OCH3 is 2. The Bertz CT molecular complexity index is 455. The summed E-state index contributed by atoms with van der Waals surface area (Å²) in [5.74, 6) is 0. The van der Waals surface area contributed by atoms with E-state index in [1.807, 2.05) is 36.4 Å². The third-order valence-corrected chi connectivity index (χ3v) is 4.43. The number of benzene rings is 2. The zero-order valence-corrected chi connectivity index (χ0v) is 12.6. The Morgan fingerprint density at radius 2 is 1.16 bits per heavy atom. The van der Waals surface area contributed by atoms with Crippen molar-refractivity contribution in [3.05, 3.63) is 71.8 Å². The first-order valence-electron chi connectivity index (χ1n) is 6.09. The van der Waals surface area contributed by atoms with Crippen LogP contribution >= 0.6 is 15.9 Å². The zero-order chi connectivity index (χ0) is 13.7. The molecule has 0 atom stereocenters. The van der Waals surface area contributed by atoms with Gasteiger partial charge in [-0.25, -0.2) is 0 Å². The smallest absolute Gasteiger partial charge is 0.180 e. The second kappa shape index (κ2) is 6.33. The second-order valence-electron chi connectivity index (χ2n) is 4.25. The van der Waals surface area contributed by atoms with Gasteiger partial charge in [-0.15, -0.1) is 0 Å². The van der Waals surface area contributed by atoms with Crippen molar-refractivity contribution < 1.29 is 9.47 Å². The highest BCUT2D eigenvalue weighted by atomic mass is 79.9. The Balaban J connectivity index is 2.57. The predicted octanol–water partition coefficient (Wildman–Crippen LogP) is 3.94. The molecule has 0 fully saturated rings. The van der Waals surface area contributed by atoms with Crippen molar-refractivity contribution in [2.75, 3.05) is 14.2 Å². The van der Waals surface area contributed by atoms with Crippen molar-refractivity contribution in [1.29, 1.82) is 0 Å². The van der Waals surface area contributed by atoms with Crippen LogP contribution in [0.5, 0.6) is 0 Å². The molecule has 2 aromatic rings. The standard InChI is InChI=1S/C16H17BrO2/c1-18-15(19-2)16(17,13-9-5-3-6-10-13)14-11-7-4-8-12-14/h3-12,15H,1-2H3. The lowest BCUT2D eigenvalue weighted by Crippen LogP contribution is -2.37. The Hall–Kier alpha value is -1.16. The number of hydrogen-bond donors (Lipinski definition) is 0. The van der Waals surface area contributed by atoms with Crippen LogP contribution in [0, 0.1) is 0 Å². The topological polar surface area (TPSA) is 18.5 Å². The summed E-state index contributed by atoms with van der Waals surface area (Å²) in [4.78, 5) is 0. The van der Waals surface area contributed by atoms with Crippen LogP contribution in [0.15, 0.2) is 60.7 Å². The highest BCUT2D eigenvalue weighted by Gasteiger charge is 2.40. The summed E-state index contributed by atoms with van der Waals surface area (Å²) >= 11 is 3.84. The summed E-state index contributed by atoms with van der Waals surface area (Å²) in [6, 6.07) is 20.3. The third-order valence-electron chi connectivity index (χ3n) is 3.14. The van der Waals surface area contributed by atoms with Gasteiger partial charge in [0.15, 0.2) is 6.29 Å². The zero-order valence-electron chi connectivity index (χ0n) is 11.0. The molecule has 2 aromatic carbocycles. The highest BCUT2D eigenvalue weighted by Crippen LogP contribution is 2.43. The van der Waals surface area contributed by atoms with Crippen LogP contribution < -0.4 is 0 Å². The molecule has 0 N–H and O–H groups in total. The average molecular weight is 321 g/mol. The molecule has 0 unspecified atom stereocenters. The fourth-order valence-corrected chi connectivity index (χ4v) is 3.12. The van der Waals surface area contributed by atoms with Crippen molar-refractivity contribution in [1.82, 2.24) is 0 Å². The van der Waals surface area contributed by atoms with E-state index in [0.717, 1.165) is 11.1 Å². The molecular formula is C16H17BrO2. The maximum atomic E-state index is 5.50. The summed E-state index contributed by atoms with van der Waals surface area (Å²) in [5.41, 5.74) is 2.19. The monoisotopic (exact) mass is 320 g/mol. The lowest BCUT2D eigenvalue weighted by molar-refractivity contribution is -0.117. The van der Waals surface area contributed by atoms with Gasteiger partial charge in [0.05, 0.1) is 0 Å². The van der Waals surface area contributed by atoms with Crippen LogP contribution in [0.1, 0.15) is 11.1 Å². The van der Waals surface area contributed by atoms with E-state index in [1.165, 1.54) is 0 Å². The average Bonchev–Trinajstić information content (AvgIpc) is 2.50. The fraction of sp³-hybridized carbons (Fsp3) is 0.250. The molecule has 0 saturated carbocycles. The van der Waals surface area contributed by atoms with Gasteiger partial charge in [-0.1, -0.05) is 76.6 Å². The van der Waals surface area contributed by atoms with Crippen molar-refractivity contribution in [2.45, 2.75) is 10.6 Å². The third kappa shape index (κ3) is 2.73. The van der Waals surface area contributed by atoms with Crippen LogP contribution in [0.2, 0.25) is 0 Å². The predicted molar refractivity (Wildman–Crippen MR) is 80.4 cm³/mol. The number of alkyl halides is 1. The van der Waals surface area contributed by atoms with E-state index in [-0.39, 0.29) is 0 Å². The van der Waals surface area contributed by atoms with Gasteiger partial charge >= 0.3 is 0 Å². The van der Waals surface area contributed by atoms with Gasteiger partial charge in [0.2, 0.25) is 0 Å². The van der Waals surface area contributed by atoms with Crippen molar-refractivity contribution in [3.8, 4) is 0 Å². The van der Waals surface area contributed by atoms with Crippen molar-refractivity contribution in [3.63, 3.8) is 0 Å². The molecule has 2 nitrogen and oxygen atoms in total. The minimum atomic E-state index is -0.529. The number of halogens is 1. The maximum absolute atomic E-state index is 5.50. The van der Waals surface area contributed by atoms with E-state index in [0.29, 0.717) is 0 Å². The van der Waals surface area contributed by atoms with E-state index >= 15 is 0 Å². The van der Waals surface area contributed by atoms with E-state index in [4.69, 9.17) is 9.47 Å². The van der Waals surface area contributed by atoms with Crippen molar-refractivity contribution in [2.24, 2.45) is 0 Å². The highest BCUT2D eigenvalue weighted by molar-refractivity contribution is 9.09. The molecule has 0 heterocycles. The Kier molecular flexibility index (Phi) is 4.75. The second-order valence-corrected chi connectivity index (χ2v) is 5.50. The number of ether oxygens (including phenoxy) is 2. The van der Waals surface area contributed by atoms with E-state index in [1.54, 1.807) is 14.2 Å². The molecule has 0 aliphatic heterocycles. The lowest BCUT2D eigenvalue weighted by Gasteiger charge is -2.34. The quantitative estimate of drug-likeness (QED) is 0.613. The molecule has 0 amide bonds. The Morgan fingerprint density at radius 3 is 1.47 bits per heavy atom. The Labute approximate surface area is 122 Å². The summed E-state index contributed by atoms with van der Waals surface area (Å²) < 4.78 is 10.5. The van der Waals surface area contributed by atoms with Gasteiger partial charge in [-0.3, -0.25) is 0 Å². The SMILES string of the molecule is COC(OC)C(Br)(c1ccccc1)c1ccccc1. The molecule has 0 bridgehead atoms. The molecule has 2 rings (SSSR count). The molecule has 100 valence electrons. The van der Waals surface area contributed by atoms with Gasteiger partial charge in [0.25, 0.3) is 0 Å². The van der Waals surface area contributed by atoms with Crippen molar-refractivity contribution >= 4 is 15.9 Å². The van der Waals surface area contributed by atoms with E-state index in [2.05, 4.69) is 40.2 Å². The first-order chi connectivity index (χ1) is 9.23. The van der Waals surface area contributed by atoms with Gasteiger partial charge in [-0.05, 0) is 11.1 Å². The van der Waals surface area contributed by atoms with Crippen LogP contribution in [-0.2, 0) is 13.8 Å². The van der Waals surface area contributed by atoms with E-state index in [9.17, 15) is 0 Å². The molecule has 0 spiro atoms. The Morgan fingerprint density at radius 1 is 0.789 bits per heavy atom. The van der Waals surface area contributed by atoms with Crippen LogP contribution in [0.4, 0.5) is 0 Å². The largest absolute Gasteiger partial charge is 0.354 e. The first kappa shape index (κ1) is 14.3. The van der Waals surface area contributed by atoms with Crippen LogP contribution in [-0.4, -0.2) is 20.5 Å². The summed E-state index contributed by atoms with van der Waals surface area (Å²) in [6.45, 7) is 0. The van der Waals surface area contributed by atoms with Gasteiger partial charge in [0.1, 0.15) is 4.32 Å². The number of hydrogen-bond acceptors (Lipinski definition) is 2. The maximum Gasteiger partial charge on any atom is 0.180 e. The molecular weight excluding hydrogens is 304 g/mol. The molecule has 0 saturated heterocycles. The molecule has 3 heteroatoms. The lowest BCUT2D eigenvalue weighted by atomic mass is 9.90. The summed E-state index contributed by atoms with van der Waals surface area (Å²) in [5, 5.41) is 0. The summed E-state index contributed by atoms with van der Waals surface area (Å²) in [7, 11) is 3.30. The van der Waals surface area contributed by atoms with Gasteiger partial charge < -0.3 is 9.47 Å². The van der Waals surface area contributed by atoms with Gasteiger partial charge in [-0.2, -0.15) is 0 Å². The molecule has 0 aliphatic rings. The molecule has 0 aromatic heterocycles. The summed E-state index contributed by atoms with van der Waals surface area (Å²) in [6.07, 6.45) is -0.419.